The van der Waals surface area contributed by atoms with Crippen LogP contribution in [0.2, 0.25) is 0 Å². The molecule has 2 rings (SSSR count). The summed E-state index contributed by atoms with van der Waals surface area (Å²) in [6.45, 7) is 4.21. The van der Waals surface area contributed by atoms with Crippen molar-refractivity contribution >= 4 is 5.84 Å². The van der Waals surface area contributed by atoms with E-state index in [1.165, 1.54) is 0 Å². The Morgan fingerprint density at radius 1 is 1.50 bits per heavy atom. The first kappa shape index (κ1) is 10.8. The number of amidine groups is 1. The Bertz CT molecular complexity index is 415. The first-order chi connectivity index (χ1) is 7.72. The van der Waals surface area contributed by atoms with Gasteiger partial charge in [0.1, 0.15) is 5.84 Å². The molecule has 16 heavy (non-hydrogen) atoms. The number of benzene rings is 1. The van der Waals surface area contributed by atoms with Gasteiger partial charge in [-0.1, -0.05) is 0 Å². The van der Waals surface area contributed by atoms with Gasteiger partial charge in [0, 0.05) is 19.2 Å². The minimum absolute atomic E-state index is 0.173. The Morgan fingerprint density at radius 2 is 2.31 bits per heavy atom. The lowest BCUT2D eigenvalue weighted by atomic mass is 10.1. The number of nitrogens with zero attached hydrogens (tertiary/aromatic N) is 2. The summed E-state index contributed by atoms with van der Waals surface area (Å²) in [4.78, 5) is 6.52. The molecular formula is C12H16N2O2. The molecule has 0 saturated heterocycles. The molecule has 1 N–H and O–H groups in total. The number of phenols is 1. The van der Waals surface area contributed by atoms with Crippen molar-refractivity contribution in [3.63, 3.8) is 0 Å². The number of phenolic OH excluding ortho intramolecular Hbond substituents is 1. The molecule has 0 bridgehead atoms. The largest absolute Gasteiger partial charge is 0.504 e. The van der Waals surface area contributed by atoms with E-state index < -0.39 is 0 Å². The van der Waals surface area contributed by atoms with Gasteiger partial charge in [-0.15, -0.1) is 0 Å². The molecule has 1 aromatic carbocycles. The zero-order valence-corrected chi connectivity index (χ0v) is 9.60. The lowest BCUT2D eigenvalue weighted by Crippen LogP contribution is -2.23. The maximum atomic E-state index is 9.60. The second-order valence-corrected chi connectivity index (χ2v) is 3.74. The van der Waals surface area contributed by atoms with Crippen molar-refractivity contribution in [3.05, 3.63) is 23.8 Å². The lowest BCUT2D eigenvalue weighted by molar-refractivity contribution is 0.318. The van der Waals surface area contributed by atoms with Crippen LogP contribution in [0, 0.1) is 0 Å². The third-order valence-electron chi connectivity index (χ3n) is 2.58. The average molecular weight is 220 g/mol. The summed E-state index contributed by atoms with van der Waals surface area (Å²) in [7, 11) is 2.01. The fraction of sp³-hybridized carbons (Fsp3) is 0.417. The molecule has 4 nitrogen and oxygen atoms in total. The first-order valence-electron chi connectivity index (χ1n) is 5.44. The molecule has 0 aromatic heterocycles. The number of hydrogen-bond acceptors (Lipinski definition) is 4. The van der Waals surface area contributed by atoms with Gasteiger partial charge in [0.05, 0.1) is 13.2 Å². The third kappa shape index (κ3) is 1.96. The van der Waals surface area contributed by atoms with Crippen LogP contribution in [0.5, 0.6) is 11.5 Å². The standard InChI is InChI=1S/C12H16N2O2/c1-3-16-11-8-9(4-5-10(11)15)12-13-6-7-14(12)2/h4-5,8,15H,3,6-7H2,1-2H3. The third-order valence-corrected chi connectivity index (χ3v) is 2.58. The predicted octanol–water partition coefficient (Wildman–Crippen LogP) is 1.48. The van der Waals surface area contributed by atoms with Crippen molar-refractivity contribution in [2.45, 2.75) is 6.92 Å². The van der Waals surface area contributed by atoms with Crippen LogP contribution in [-0.4, -0.2) is 42.6 Å². The summed E-state index contributed by atoms with van der Waals surface area (Å²) >= 11 is 0. The van der Waals surface area contributed by atoms with Gasteiger partial charge in [-0.2, -0.15) is 0 Å². The van der Waals surface area contributed by atoms with E-state index in [2.05, 4.69) is 9.89 Å². The first-order valence-corrected chi connectivity index (χ1v) is 5.44. The van der Waals surface area contributed by atoms with E-state index in [0.29, 0.717) is 12.4 Å². The molecule has 86 valence electrons. The zero-order chi connectivity index (χ0) is 11.5. The zero-order valence-electron chi connectivity index (χ0n) is 9.60. The van der Waals surface area contributed by atoms with Gasteiger partial charge >= 0.3 is 0 Å². The van der Waals surface area contributed by atoms with Crippen LogP contribution in [0.4, 0.5) is 0 Å². The summed E-state index contributed by atoms with van der Waals surface area (Å²) in [5.74, 6) is 1.65. The van der Waals surface area contributed by atoms with Gasteiger partial charge in [-0.3, -0.25) is 4.99 Å². The predicted molar refractivity (Wildman–Crippen MR) is 63.3 cm³/mol. The highest BCUT2D eigenvalue weighted by Crippen LogP contribution is 2.27. The summed E-state index contributed by atoms with van der Waals surface area (Å²) in [6, 6.07) is 5.34. The van der Waals surface area contributed by atoms with Gasteiger partial charge in [0.25, 0.3) is 0 Å². The normalized spacial score (nSPS) is 15.1. The molecule has 1 aliphatic heterocycles. The van der Waals surface area contributed by atoms with Crippen LogP contribution in [0.1, 0.15) is 12.5 Å². The van der Waals surface area contributed by atoms with Crippen molar-refractivity contribution in [1.82, 2.24) is 4.90 Å². The van der Waals surface area contributed by atoms with Crippen molar-refractivity contribution < 1.29 is 9.84 Å². The average Bonchev–Trinajstić information content (AvgIpc) is 2.68. The van der Waals surface area contributed by atoms with Crippen LogP contribution in [0.25, 0.3) is 0 Å². The minimum Gasteiger partial charge on any atom is -0.504 e. The van der Waals surface area contributed by atoms with E-state index >= 15 is 0 Å². The number of aliphatic imine (C=N–C) groups is 1. The second-order valence-electron chi connectivity index (χ2n) is 3.74. The maximum absolute atomic E-state index is 9.60. The van der Waals surface area contributed by atoms with Gasteiger partial charge in [0.2, 0.25) is 0 Å². The molecule has 0 radical (unpaired) electrons. The van der Waals surface area contributed by atoms with Gasteiger partial charge < -0.3 is 14.7 Å². The number of ether oxygens (including phenoxy) is 1. The van der Waals surface area contributed by atoms with Crippen molar-refractivity contribution in [2.24, 2.45) is 4.99 Å². The molecule has 1 aliphatic rings. The van der Waals surface area contributed by atoms with Gasteiger partial charge in [0.15, 0.2) is 11.5 Å². The fourth-order valence-corrected chi connectivity index (χ4v) is 1.77. The van der Waals surface area contributed by atoms with E-state index in [4.69, 9.17) is 4.74 Å². The second kappa shape index (κ2) is 4.43. The van der Waals surface area contributed by atoms with Crippen LogP contribution in [0.15, 0.2) is 23.2 Å². The van der Waals surface area contributed by atoms with E-state index in [1.807, 2.05) is 26.1 Å². The van der Waals surface area contributed by atoms with Crippen molar-refractivity contribution in [3.8, 4) is 11.5 Å². The summed E-state index contributed by atoms with van der Waals surface area (Å²) in [5, 5.41) is 9.60. The Balaban J connectivity index is 2.32. The highest BCUT2D eigenvalue weighted by molar-refractivity contribution is 6.00. The number of likely N-dealkylation sites (N-methyl/N-ethyl adjacent to an activating group) is 1. The van der Waals surface area contributed by atoms with Crippen molar-refractivity contribution in [1.29, 1.82) is 0 Å². The summed E-state index contributed by atoms with van der Waals surface area (Å²) in [5.41, 5.74) is 0.987. The summed E-state index contributed by atoms with van der Waals surface area (Å²) < 4.78 is 5.35. The number of rotatable bonds is 3. The Labute approximate surface area is 95.2 Å². The topological polar surface area (TPSA) is 45.1 Å². The molecule has 4 heteroatoms. The maximum Gasteiger partial charge on any atom is 0.161 e. The Morgan fingerprint density at radius 3 is 2.94 bits per heavy atom. The smallest absolute Gasteiger partial charge is 0.161 e. The van der Waals surface area contributed by atoms with E-state index in [9.17, 15) is 5.11 Å². The van der Waals surface area contributed by atoms with Crippen LogP contribution >= 0.6 is 0 Å². The molecule has 1 heterocycles. The van der Waals surface area contributed by atoms with Crippen molar-refractivity contribution in [2.75, 3.05) is 26.7 Å². The van der Waals surface area contributed by atoms with Crippen LogP contribution in [0.3, 0.4) is 0 Å². The summed E-state index contributed by atoms with van der Waals surface area (Å²) in [6.07, 6.45) is 0. The van der Waals surface area contributed by atoms with E-state index in [1.54, 1.807) is 6.07 Å². The fourth-order valence-electron chi connectivity index (χ4n) is 1.77. The Kier molecular flexibility index (Phi) is 2.99. The Hall–Kier alpha value is -1.71. The monoisotopic (exact) mass is 220 g/mol. The quantitative estimate of drug-likeness (QED) is 0.839. The molecule has 0 atom stereocenters. The van der Waals surface area contributed by atoms with E-state index in [0.717, 1.165) is 24.5 Å². The molecule has 0 amide bonds. The molecule has 1 aromatic rings. The molecule has 0 spiro atoms. The minimum atomic E-state index is 0.173. The lowest BCUT2D eigenvalue weighted by Gasteiger charge is -2.15. The molecule has 0 fully saturated rings. The van der Waals surface area contributed by atoms with E-state index in [-0.39, 0.29) is 5.75 Å². The number of aromatic hydroxyl groups is 1. The van der Waals surface area contributed by atoms with Crippen LogP contribution < -0.4 is 4.74 Å². The SMILES string of the molecule is CCOc1cc(C2=NCCN2C)ccc1O. The number of hydrogen-bond donors (Lipinski definition) is 1. The van der Waals surface area contributed by atoms with Crippen LogP contribution in [-0.2, 0) is 0 Å². The highest BCUT2D eigenvalue weighted by atomic mass is 16.5. The molecule has 0 aliphatic carbocycles. The molecule has 0 unspecified atom stereocenters. The molecular weight excluding hydrogens is 204 g/mol. The molecule has 0 saturated carbocycles. The van der Waals surface area contributed by atoms with Gasteiger partial charge in [-0.05, 0) is 25.1 Å². The highest BCUT2D eigenvalue weighted by Gasteiger charge is 2.16. The van der Waals surface area contributed by atoms with Gasteiger partial charge in [-0.25, -0.2) is 0 Å².